The number of anilines is 1. The Morgan fingerprint density at radius 2 is 1.97 bits per heavy atom. The van der Waals surface area contributed by atoms with Crippen molar-refractivity contribution >= 4 is 23.0 Å². The van der Waals surface area contributed by atoms with Crippen molar-refractivity contribution in [3.05, 3.63) is 59.5 Å². The van der Waals surface area contributed by atoms with Crippen LogP contribution >= 0.6 is 0 Å². The maximum atomic E-state index is 13.3. The molecule has 2 N–H and O–H groups in total. The molecule has 0 bridgehead atoms. The van der Waals surface area contributed by atoms with Crippen molar-refractivity contribution in [3.8, 4) is 5.75 Å². The van der Waals surface area contributed by atoms with Crippen LogP contribution in [-0.4, -0.2) is 47.0 Å². The van der Waals surface area contributed by atoms with E-state index in [9.17, 15) is 18.3 Å². The fourth-order valence-electron chi connectivity index (χ4n) is 3.86. The Hall–Kier alpha value is -3.04. The molecule has 156 valence electrons. The normalized spacial score (nSPS) is 19.4. The summed E-state index contributed by atoms with van der Waals surface area (Å²) in [6, 6.07) is 8.04. The van der Waals surface area contributed by atoms with Crippen molar-refractivity contribution in [1.29, 1.82) is 0 Å². The molecule has 4 heterocycles. The van der Waals surface area contributed by atoms with E-state index in [-0.39, 0.29) is 11.3 Å². The van der Waals surface area contributed by atoms with Crippen LogP contribution in [0.3, 0.4) is 0 Å². The lowest BCUT2D eigenvalue weighted by molar-refractivity contribution is -0.136. The quantitative estimate of drug-likeness (QED) is 0.673. The summed E-state index contributed by atoms with van der Waals surface area (Å²) in [5, 5.41) is 13.8. The topological polar surface area (TPSA) is 62.0 Å². The molecule has 1 unspecified atom stereocenters. The monoisotopic (exact) mass is 416 g/mol. The summed E-state index contributed by atoms with van der Waals surface area (Å²) >= 11 is 0. The van der Waals surface area contributed by atoms with E-state index in [0.29, 0.717) is 11.3 Å². The molecule has 30 heavy (non-hydrogen) atoms. The summed E-state index contributed by atoms with van der Waals surface area (Å²) in [6.07, 6.45) is -1.18. The summed E-state index contributed by atoms with van der Waals surface area (Å²) in [4.78, 5) is 6.37. The lowest BCUT2D eigenvalue weighted by Gasteiger charge is -2.31. The zero-order valence-corrected chi connectivity index (χ0v) is 15.9. The zero-order valence-electron chi connectivity index (χ0n) is 15.9. The number of aliphatic hydroxyl groups is 1. The van der Waals surface area contributed by atoms with E-state index in [0.717, 1.165) is 43.5 Å². The van der Waals surface area contributed by atoms with E-state index in [1.54, 1.807) is 6.08 Å². The minimum Gasteiger partial charge on any atom is -0.460 e. The average molecular weight is 416 g/mol. The van der Waals surface area contributed by atoms with Gasteiger partial charge in [-0.05, 0) is 30.3 Å². The Bertz CT molecular complexity index is 1130. The molecule has 2 aromatic heterocycles. The van der Waals surface area contributed by atoms with Crippen LogP contribution in [0.4, 0.5) is 18.9 Å². The number of nitrogens with one attached hydrogen (secondary N) is 1. The van der Waals surface area contributed by atoms with Gasteiger partial charge in [0, 0.05) is 61.5 Å². The zero-order chi connectivity index (χ0) is 20.9. The van der Waals surface area contributed by atoms with Crippen molar-refractivity contribution in [2.45, 2.75) is 12.5 Å². The lowest BCUT2D eigenvalue weighted by atomic mass is 10.0. The maximum absolute atomic E-state index is 13.3. The summed E-state index contributed by atoms with van der Waals surface area (Å²) in [5.74, 6) is 0.530. The minimum atomic E-state index is -4.52. The van der Waals surface area contributed by atoms with Gasteiger partial charge in [0.2, 0.25) is 6.29 Å². The van der Waals surface area contributed by atoms with Gasteiger partial charge >= 0.3 is 6.18 Å². The van der Waals surface area contributed by atoms with Crippen LogP contribution in [0.15, 0.2) is 42.7 Å². The Labute approximate surface area is 170 Å². The molecule has 0 radical (unpaired) electrons. The first-order valence-electron chi connectivity index (χ1n) is 9.61. The Morgan fingerprint density at radius 3 is 2.73 bits per heavy atom. The van der Waals surface area contributed by atoms with Crippen LogP contribution in [-0.2, 0) is 6.18 Å². The van der Waals surface area contributed by atoms with Gasteiger partial charge in [-0.3, -0.25) is 0 Å². The Balaban J connectivity index is 1.52. The standard InChI is InChI=1S/C21H19F3N4O2/c22-21(23,24)16-2-1-7-28-12-17(26-19(16)28)15-10-13-3-4-14(11-18(13)30-20(15)29)27-8-5-25-6-9-27/h1-4,7,10-12,20,25,29H,5-6,8-9H2. The largest absolute Gasteiger partial charge is 0.460 e. The maximum Gasteiger partial charge on any atom is 0.419 e. The number of hydrogen-bond donors (Lipinski definition) is 2. The highest BCUT2D eigenvalue weighted by Crippen LogP contribution is 2.37. The number of hydrogen-bond acceptors (Lipinski definition) is 5. The fourth-order valence-corrected chi connectivity index (χ4v) is 3.86. The van der Waals surface area contributed by atoms with Gasteiger partial charge in [0.15, 0.2) is 0 Å². The summed E-state index contributed by atoms with van der Waals surface area (Å²) in [6.45, 7) is 3.56. The number of piperazine rings is 1. The van der Waals surface area contributed by atoms with Crippen LogP contribution in [0.2, 0.25) is 0 Å². The van der Waals surface area contributed by atoms with Crippen LogP contribution in [0, 0.1) is 0 Å². The van der Waals surface area contributed by atoms with E-state index in [1.807, 2.05) is 18.2 Å². The predicted molar refractivity (Wildman–Crippen MR) is 106 cm³/mol. The van der Waals surface area contributed by atoms with Crippen molar-refractivity contribution in [1.82, 2.24) is 14.7 Å². The van der Waals surface area contributed by atoms with Gasteiger partial charge in [-0.15, -0.1) is 0 Å². The third-order valence-electron chi connectivity index (χ3n) is 5.38. The number of fused-ring (bicyclic) bond motifs is 2. The second-order valence-electron chi connectivity index (χ2n) is 7.31. The van der Waals surface area contributed by atoms with Crippen LogP contribution in [0.1, 0.15) is 16.8 Å². The van der Waals surface area contributed by atoms with Crippen molar-refractivity contribution in [3.63, 3.8) is 0 Å². The molecule has 2 aliphatic heterocycles. The first kappa shape index (κ1) is 19.0. The second kappa shape index (κ2) is 7.03. The van der Waals surface area contributed by atoms with Crippen molar-refractivity contribution in [2.75, 3.05) is 31.1 Å². The Kier molecular flexibility index (Phi) is 4.44. The second-order valence-corrected chi connectivity index (χ2v) is 7.31. The third-order valence-corrected chi connectivity index (χ3v) is 5.38. The number of benzene rings is 1. The number of imidazole rings is 1. The van der Waals surface area contributed by atoms with Gasteiger partial charge in [-0.25, -0.2) is 4.98 Å². The first-order chi connectivity index (χ1) is 14.4. The molecule has 1 saturated heterocycles. The van der Waals surface area contributed by atoms with Gasteiger partial charge in [-0.2, -0.15) is 13.2 Å². The molecule has 1 aromatic carbocycles. The number of ether oxygens (including phenoxy) is 1. The van der Waals surface area contributed by atoms with E-state index < -0.39 is 18.0 Å². The fraction of sp³-hybridized carbons (Fsp3) is 0.286. The molecule has 2 aliphatic rings. The number of alkyl halides is 3. The molecule has 6 nitrogen and oxygen atoms in total. The molecular weight excluding hydrogens is 397 g/mol. The van der Waals surface area contributed by atoms with Crippen molar-refractivity contribution < 1.29 is 23.0 Å². The SMILES string of the molecule is OC1Oc2cc(N3CCNCC3)ccc2C=C1c1cn2cccc(C(F)(F)F)c2n1. The Morgan fingerprint density at radius 1 is 1.17 bits per heavy atom. The molecule has 1 fully saturated rings. The van der Waals surface area contributed by atoms with Gasteiger partial charge < -0.3 is 24.5 Å². The number of nitrogens with zero attached hydrogens (tertiary/aromatic N) is 3. The number of rotatable bonds is 2. The van der Waals surface area contributed by atoms with E-state index in [1.165, 1.54) is 22.9 Å². The highest BCUT2D eigenvalue weighted by atomic mass is 19.4. The minimum absolute atomic E-state index is 0.215. The van der Waals surface area contributed by atoms with Gasteiger partial charge in [-0.1, -0.05) is 0 Å². The highest BCUT2D eigenvalue weighted by molar-refractivity contribution is 5.86. The number of pyridine rings is 1. The molecule has 5 rings (SSSR count). The van der Waals surface area contributed by atoms with E-state index in [2.05, 4.69) is 15.2 Å². The third kappa shape index (κ3) is 3.29. The van der Waals surface area contributed by atoms with Crippen LogP contribution < -0.4 is 15.0 Å². The van der Waals surface area contributed by atoms with Crippen LogP contribution in [0.5, 0.6) is 5.75 Å². The molecular formula is C21H19F3N4O2. The number of aliphatic hydroxyl groups excluding tert-OH is 1. The van der Waals surface area contributed by atoms with E-state index >= 15 is 0 Å². The summed E-state index contributed by atoms with van der Waals surface area (Å²) in [5.41, 5.74) is 1.24. The van der Waals surface area contributed by atoms with Gasteiger partial charge in [0.05, 0.1) is 11.3 Å². The van der Waals surface area contributed by atoms with Gasteiger partial charge in [0.1, 0.15) is 11.4 Å². The molecule has 0 aliphatic carbocycles. The molecule has 0 amide bonds. The van der Waals surface area contributed by atoms with Gasteiger partial charge in [0.25, 0.3) is 0 Å². The highest BCUT2D eigenvalue weighted by Gasteiger charge is 2.34. The number of halogens is 3. The molecule has 1 atom stereocenters. The van der Waals surface area contributed by atoms with Crippen LogP contribution in [0.25, 0.3) is 17.3 Å². The average Bonchev–Trinajstić information content (AvgIpc) is 3.16. The molecule has 0 spiro atoms. The van der Waals surface area contributed by atoms with E-state index in [4.69, 9.17) is 4.74 Å². The number of aromatic nitrogens is 2. The molecule has 0 saturated carbocycles. The molecule has 9 heteroatoms. The summed E-state index contributed by atoms with van der Waals surface area (Å²) in [7, 11) is 0. The summed E-state index contributed by atoms with van der Waals surface area (Å²) < 4.78 is 46.9. The van der Waals surface area contributed by atoms with Crippen molar-refractivity contribution in [2.24, 2.45) is 0 Å². The predicted octanol–water partition coefficient (Wildman–Crippen LogP) is 3.01. The smallest absolute Gasteiger partial charge is 0.419 e. The lowest BCUT2D eigenvalue weighted by Crippen LogP contribution is -2.43. The molecule has 3 aromatic rings. The first-order valence-corrected chi connectivity index (χ1v) is 9.61.